The minimum atomic E-state index is -0.790. The number of hydrogen-bond acceptors (Lipinski definition) is 4. The summed E-state index contributed by atoms with van der Waals surface area (Å²) in [5, 5.41) is 0. The second-order valence-electron chi connectivity index (χ2n) is 4.16. The van der Waals surface area contributed by atoms with Crippen LogP contribution in [0.2, 0.25) is 0 Å². The molecule has 0 amide bonds. The number of ether oxygens (including phenoxy) is 2. The van der Waals surface area contributed by atoms with Gasteiger partial charge in [0.1, 0.15) is 0 Å². The predicted octanol–water partition coefficient (Wildman–Crippen LogP) is 2.16. The van der Waals surface area contributed by atoms with E-state index in [1.54, 1.807) is 13.8 Å². The molecule has 2 atom stereocenters. The first-order valence-corrected chi connectivity index (χ1v) is 5.81. The Morgan fingerprint density at radius 3 is 2.00 bits per heavy atom. The first kappa shape index (κ1) is 14.9. The van der Waals surface area contributed by atoms with Crippen LogP contribution in [-0.2, 0) is 19.1 Å². The summed E-state index contributed by atoms with van der Waals surface area (Å²) in [6.07, 6.45) is -0.0895. The second-order valence-corrected chi connectivity index (χ2v) is 4.16. The van der Waals surface area contributed by atoms with Gasteiger partial charge in [0, 0.05) is 5.92 Å². The summed E-state index contributed by atoms with van der Waals surface area (Å²) in [6, 6.07) is 0. The average Bonchev–Trinajstić information content (AvgIpc) is 2.23. The highest BCUT2D eigenvalue weighted by Gasteiger charge is 2.29. The van der Waals surface area contributed by atoms with Gasteiger partial charge in [-0.3, -0.25) is 4.79 Å². The lowest BCUT2D eigenvalue weighted by molar-refractivity contribution is -0.173. The van der Waals surface area contributed by atoms with Crippen LogP contribution in [0.5, 0.6) is 0 Å². The van der Waals surface area contributed by atoms with Crippen LogP contribution in [0, 0.1) is 11.8 Å². The van der Waals surface area contributed by atoms with E-state index in [4.69, 9.17) is 9.47 Å². The van der Waals surface area contributed by atoms with Crippen molar-refractivity contribution in [2.75, 3.05) is 6.61 Å². The zero-order chi connectivity index (χ0) is 12.7. The van der Waals surface area contributed by atoms with E-state index in [1.165, 1.54) is 0 Å². The molecular formula is C12H22O4. The molecule has 0 aliphatic heterocycles. The Morgan fingerprint density at radius 2 is 1.62 bits per heavy atom. The van der Waals surface area contributed by atoms with Crippen LogP contribution in [-0.4, -0.2) is 24.6 Å². The molecule has 0 heterocycles. The van der Waals surface area contributed by atoms with Gasteiger partial charge in [0.15, 0.2) is 0 Å². The molecule has 0 aromatic carbocycles. The van der Waals surface area contributed by atoms with Crippen molar-refractivity contribution in [3.8, 4) is 0 Å². The van der Waals surface area contributed by atoms with Gasteiger partial charge < -0.3 is 9.47 Å². The maximum atomic E-state index is 11.6. The van der Waals surface area contributed by atoms with Crippen LogP contribution in [0.1, 0.15) is 41.0 Å². The minimum absolute atomic E-state index is 0.0768. The lowest BCUT2D eigenvalue weighted by Gasteiger charge is -2.21. The molecule has 16 heavy (non-hydrogen) atoms. The SMILES string of the molecule is CCOC(=O)C(OC(=O)C(C)CC)C(C)C. The second kappa shape index (κ2) is 7.25. The molecule has 94 valence electrons. The van der Waals surface area contributed by atoms with Crippen LogP contribution in [0.3, 0.4) is 0 Å². The molecule has 0 N–H and O–H groups in total. The predicted molar refractivity (Wildman–Crippen MR) is 60.8 cm³/mol. The molecule has 0 saturated carbocycles. The summed E-state index contributed by atoms with van der Waals surface area (Å²) in [7, 11) is 0. The molecule has 0 aromatic rings. The van der Waals surface area contributed by atoms with E-state index in [-0.39, 0.29) is 17.8 Å². The smallest absolute Gasteiger partial charge is 0.347 e. The van der Waals surface area contributed by atoms with E-state index in [2.05, 4.69) is 0 Å². The Labute approximate surface area is 97.3 Å². The number of rotatable bonds is 6. The molecule has 0 aliphatic rings. The number of hydrogen-bond donors (Lipinski definition) is 0. The van der Waals surface area contributed by atoms with Crippen LogP contribution in [0.15, 0.2) is 0 Å². The Kier molecular flexibility index (Phi) is 6.77. The normalized spacial score (nSPS) is 14.4. The summed E-state index contributed by atoms with van der Waals surface area (Å²) >= 11 is 0. The molecule has 2 unspecified atom stereocenters. The minimum Gasteiger partial charge on any atom is -0.463 e. The molecule has 4 nitrogen and oxygen atoms in total. The van der Waals surface area contributed by atoms with Crippen molar-refractivity contribution in [3.05, 3.63) is 0 Å². The van der Waals surface area contributed by atoms with Crippen molar-refractivity contribution in [1.29, 1.82) is 0 Å². The Morgan fingerprint density at radius 1 is 1.06 bits per heavy atom. The zero-order valence-electron chi connectivity index (χ0n) is 10.8. The quantitative estimate of drug-likeness (QED) is 0.656. The van der Waals surface area contributed by atoms with E-state index < -0.39 is 12.1 Å². The topological polar surface area (TPSA) is 52.6 Å². The van der Waals surface area contributed by atoms with Gasteiger partial charge in [-0.05, 0) is 13.3 Å². The van der Waals surface area contributed by atoms with E-state index in [9.17, 15) is 9.59 Å². The monoisotopic (exact) mass is 230 g/mol. The first-order valence-electron chi connectivity index (χ1n) is 5.81. The molecule has 0 fully saturated rings. The average molecular weight is 230 g/mol. The van der Waals surface area contributed by atoms with Crippen LogP contribution < -0.4 is 0 Å². The van der Waals surface area contributed by atoms with E-state index in [0.717, 1.165) is 0 Å². The fourth-order valence-electron chi connectivity index (χ4n) is 1.09. The highest BCUT2D eigenvalue weighted by molar-refractivity contribution is 5.80. The van der Waals surface area contributed by atoms with Crippen molar-refractivity contribution >= 4 is 11.9 Å². The van der Waals surface area contributed by atoms with Crippen LogP contribution in [0.25, 0.3) is 0 Å². The van der Waals surface area contributed by atoms with E-state index >= 15 is 0 Å². The van der Waals surface area contributed by atoms with E-state index in [1.807, 2.05) is 20.8 Å². The Hall–Kier alpha value is -1.06. The molecule has 0 saturated heterocycles. The standard InChI is InChI=1S/C12H22O4/c1-6-9(5)11(13)16-10(8(3)4)12(14)15-7-2/h8-10H,6-7H2,1-5H3. The van der Waals surface area contributed by atoms with Crippen molar-refractivity contribution in [2.24, 2.45) is 11.8 Å². The molecule has 0 aromatic heterocycles. The molecule has 0 rings (SSSR count). The third kappa shape index (κ3) is 4.64. The highest BCUT2D eigenvalue weighted by Crippen LogP contribution is 2.13. The van der Waals surface area contributed by atoms with Gasteiger partial charge in [-0.2, -0.15) is 0 Å². The number of carbonyl (C=O) groups excluding carboxylic acids is 2. The van der Waals surface area contributed by atoms with Crippen LogP contribution >= 0.6 is 0 Å². The third-order valence-electron chi connectivity index (χ3n) is 2.38. The molecule has 0 spiro atoms. The summed E-state index contributed by atoms with van der Waals surface area (Å²) in [6.45, 7) is 9.36. The van der Waals surface area contributed by atoms with Crippen molar-refractivity contribution in [2.45, 2.75) is 47.1 Å². The van der Waals surface area contributed by atoms with Gasteiger partial charge in [0.25, 0.3) is 0 Å². The fourth-order valence-corrected chi connectivity index (χ4v) is 1.09. The number of carbonyl (C=O) groups is 2. The summed E-state index contributed by atoms with van der Waals surface area (Å²) in [5.41, 5.74) is 0. The molecule has 0 aliphatic carbocycles. The van der Waals surface area contributed by atoms with Crippen molar-refractivity contribution in [1.82, 2.24) is 0 Å². The summed E-state index contributed by atoms with van der Waals surface area (Å²) < 4.78 is 10.0. The summed E-state index contributed by atoms with van der Waals surface area (Å²) in [5.74, 6) is -1.06. The van der Waals surface area contributed by atoms with Gasteiger partial charge in [0.05, 0.1) is 12.5 Å². The van der Waals surface area contributed by atoms with Gasteiger partial charge >= 0.3 is 11.9 Å². The van der Waals surface area contributed by atoms with Gasteiger partial charge in [0.2, 0.25) is 6.10 Å². The van der Waals surface area contributed by atoms with Gasteiger partial charge in [-0.25, -0.2) is 4.79 Å². The summed E-state index contributed by atoms with van der Waals surface area (Å²) in [4.78, 5) is 23.1. The molecule has 0 bridgehead atoms. The van der Waals surface area contributed by atoms with E-state index in [0.29, 0.717) is 13.0 Å². The lowest BCUT2D eigenvalue weighted by atomic mass is 10.1. The largest absolute Gasteiger partial charge is 0.463 e. The lowest BCUT2D eigenvalue weighted by Crippen LogP contribution is -2.35. The van der Waals surface area contributed by atoms with Crippen molar-refractivity contribution < 1.29 is 19.1 Å². The number of esters is 2. The Bertz CT molecular complexity index is 235. The third-order valence-corrected chi connectivity index (χ3v) is 2.38. The first-order chi connectivity index (χ1) is 7.43. The van der Waals surface area contributed by atoms with Crippen molar-refractivity contribution in [3.63, 3.8) is 0 Å². The van der Waals surface area contributed by atoms with Crippen LogP contribution in [0.4, 0.5) is 0 Å². The Balaban J connectivity index is 4.45. The molecular weight excluding hydrogens is 208 g/mol. The highest BCUT2D eigenvalue weighted by atomic mass is 16.6. The molecule has 0 radical (unpaired) electrons. The van der Waals surface area contributed by atoms with Gasteiger partial charge in [-0.1, -0.05) is 27.7 Å². The maximum Gasteiger partial charge on any atom is 0.347 e. The molecule has 4 heteroatoms. The van der Waals surface area contributed by atoms with Gasteiger partial charge in [-0.15, -0.1) is 0 Å². The maximum absolute atomic E-state index is 11.6. The zero-order valence-corrected chi connectivity index (χ0v) is 10.8. The fraction of sp³-hybridized carbons (Fsp3) is 0.833.